The van der Waals surface area contributed by atoms with E-state index in [0.29, 0.717) is 46.5 Å². The lowest BCUT2D eigenvalue weighted by molar-refractivity contribution is -0.136. The highest BCUT2D eigenvalue weighted by Gasteiger charge is 2.47. The molecule has 14 nitrogen and oxygen atoms in total. The Morgan fingerprint density at radius 1 is 0.952 bits per heavy atom. The SMILES string of the molecule is COc1cc2nn([C@H]3CC[C@H](CN4CCC5(CC4)CC(CCNc4cccc6c4C(=O)N([C@@H]4CCC(=O)NC4=O)C6=O)C5)CC3)cc2cc1NC(=O)c1cccc(C(C)(F)F)n1. The van der Waals surface area contributed by atoms with Crippen molar-refractivity contribution >= 4 is 51.8 Å². The van der Waals surface area contributed by atoms with Crippen molar-refractivity contribution < 1.29 is 37.5 Å². The van der Waals surface area contributed by atoms with E-state index in [9.17, 15) is 32.8 Å². The number of imide groups is 2. The maximum absolute atomic E-state index is 13.9. The van der Waals surface area contributed by atoms with Crippen LogP contribution in [0.25, 0.3) is 10.9 Å². The second-order valence-corrected chi connectivity index (χ2v) is 18.1. The Morgan fingerprint density at radius 2 is 1.71 bits per heavy atom. The van der Waals surface area contributed by atoms with Crippen LogP contribution < -0.4 is 20.7 Å². The first-order valence-corrected chi connectivity index (χ1v) is 21.8. The molecule has 2 aliphatic carbocycles. The van der Waals surface area contributed by atoms with E-state index in [0.717, 1.165) is 74.5 Å². The lowest BCUT2D eigenvalue weighted by atomic mass is 9.57. The van der Waals surface area contributed by atoms with Gasteiger partial charge in [0, 0.05) is 49.8 Å². The standard InChI is InChI=1S/C46H52F2N8O6/c1-45(47,48)38-8-4-7-33(50-38)41(58)51-35-21-29-26-55(53-34(29)22-37(35)62-2)30-11-9-27(10-12-30)25-54-19-16-46(17-20-54)23-28(24-46)15-18-49-32-6-3-5-31-40(32)44(61)56(43(31)60)36-13-14-39(57)52-42(36)59/h3-8,21-22,26-28,30,36,49H,9-20,23-25H2,1-2H3,(H,51,58)(H,52,57,59)/t27-,30-,36-/m1/s1. The highest BCUT2D eigenvalue weighted by Crippen LogP contribution is 2.54. The van der Waals surface area contributed by atoms with Crippen molar-refractivity contribution in [3.63, 3.8) is 0 Å². The number of benzene rings is 2. The summed E-state index contributed by atoms with van der Waals surface area (Å²) in [5.74, 6) is -4.10. The molecule has 2 saturated carbocycles. The Kier molecular flexibility index (Phi) is 11.1. The zero-order chi connectivity index (χ0) is 43.3. The molecule has 2 aromatic heterocycles. The Bertz CT molecular complexity index is 2420. The van der Waals surface area contributed by atoms with Crippen LogP contribution in [0, 0.1) is 17.3 Å². The molecule has 1 atom stereocenters. The molecule has 4 fully saturated rings. The van der Waals surface area contributed by atoms with Crippen molar-refractivity contribution in [2.45, 2.75) is 95.6 Å². The number of methoxy groups -OCH3 is 1. The van der Waals surface area contributed by atoms with E-state index in [1.165, 1.54) is 51.0 Å². The number of rotatable bonds is 12. The van der Waals surface area contributed by atoms with Gasteiger partial charge < -0.3 is 20.3 Å². The van der Waals surface area contributed by atoms with Crippen molar-refractivity contribution in [1.82, 2.24) is 29.9 Å². The van der Waals surface area contributed by atoms with Gasteiger partial charge in [0.05, 0.1) is 35.5 Å². The van der Waals surface area contributed by atoms with Gasteiger partial charge in [0.2, 0.25) is 11.8 Å². The highest BCUT2D eigenvalue weighted by atomic mass is 19.3. The lowest BCUT2D eigenvalue weighted by Gasteiger charge is -2.53. The molecule has 4 aromatic rings. The van der Waals surface area contributed by atoms with Crippen molar-refractivity contribution in [2.24, 2.45) is 17.3 Å². The largest absolute Gasteiger partial charge is 0.494 e. The zero-order valence-corrected chi connectivity index (χ0v) is 35.1. The fraction of sp³-hybridized carbons (Fsp3) is 0.500. The number of halogens is 2. The summed E-state index contributed by atoms with van der Waals surface area (Å²) >= 11 is 0. The molecule has 0 bridgehead atoms. The summed E-state index contributed by atoms with van der Waals surface area (Å²) in [7, 11) is 1.51. The molecule has 5 heterocycles. The Labute approximate surface area is 358 Å². The number of anilines is 2. The molecular formula is C46H52F2N8O6. The van der Waals surface area contributed by atoms with Gasteiger partial charge >= 0.3 is 0 Å². The maximum atomic E-state index is 13.9. The third kappa shape index (κ3) is 8.16. The van der Waals surface area contributed by atoms with Crippen molar-refractivity contribution in [2.75, 3.05) is 43.9 Å². The number of hydrogen-bond acceptors (Lipinski definition) is 10. The number of carbonyl (C=O) groups excluding carboxylic acids is 5. The van der Waals surface area contributed by atoms with E-state index in [1.807, 2.05) is 16.9 Å². The van der Waals surface area contributed by atoms with Gasteiger partial charge in [-0.2, -0.15) is 13.9 Å². The lowest BCUT2D eigenvalue weighted by Crippen LogP contribution is -2.54. The average Bonchev–Trinajstić information content (AvgIpc) is 3.77. The third-order valence-corrected chi connectivity index (χ3v) is 13.9. The molecule has 326 valence electrons. The molecule has 2 saturated heterocycles. The van der Waals surface area contributed by atoms with Crippen LogP contribution in [0.2, 0.25) is 0 Å². The topological polar surface area (TPSA) is 168 Å². The van der Waals surface area contributed by atoms with Gasteiger partial charge in [-0.3, -0.25) is 38.9 Å². The summed E-state index contributed by atoms with van der Waals surface area (Å²) in [6, 6.07) is 12.0. The van der Waals surface area contributed by atoms with E-state index in [2.05, 4.69) is 25.8 Å². The average molecular weight is 851 g/mol. The number of carbonyl (C=O) groups is 5. The van der Waals surface area contributed by atoms with Gasteiger partial charge in [-0.15, -0.1) is 0 Å². The molecule has 9 rings (SSSR count). The van der Waals surface area contributed by atoms with Crippen molar-refractivity contribution in [1.29, 1.82) is 0 Å². The first-order chi connectivity index (χ1) is 29.8. The smallest absolute Gasteiger partial charge is 0.287 e. The summed E-state index contributed by atoms with van der Waals surface area (Å²) in [6.07, 6.45) is 12.4. The van der Waals surface area contributed by atoms with E-state index in [1.54, 1.807) is 24.3 Å². The van der Waals surface area contributed by atoms with Crippen LogP contribution in [-0.4, -0.2) is 93.4 Å². The van der Waals surface area contributed by atoms with E-state index in [4.69, 9.17) is 9.84 Å². The molecule has 2 aromatic carbocycles. The van der Waals surface area contributed by atoms with Gasteiger partial charge in [0.25, 0.3) is 23.6 Å². The van der Waals surface area contributed by atoms with Gasteiger partial charge in [0.15, 0.2) is 0 Å². The third-order valence-electron chi connectivity index (χ3n) is 13.9. The number of aromatic nitrogens is 3. The number of likely N-dealkylation sites (tertiary alicyclic amines) is 1. The van der Waals surface area contributed by atoms with Crippen molar-refractivity contribution in [3.8, 4) is 5.75 Å². The maximum Gasteiger partial charge on any atom is 0.287 e. The Balaban J connectivity index is 0.715. The minimum Gasteiger partial charge on any atom is -0.494 e. The first-order valence-electron chi connectivity index (χ1n) is 21.8. The number of nitrogens with zero attached hydrogens (tertiary/aromatic N) is 5. The molecule has 3 aliphatic heterocycles. The summed E-state index contributed by atoms with van der Waals surface area (Å²) in [4.78, 5) is 71.4. The number of nitrogens with one attached hydrogen (secondary N) is 3. The zero-order valence-electron chi connectivity index (χ0n) is 35.1. The fourth-order valence-corrected chi connectivity index (χ4v) is 10.5. The van der Waals surface area contributed by atoms with Crippen molar-refractivity contribution in [3.05, 3.63) is 77.2 Å². The van der Waals surface area contributed by atoms with Gasteiger partial charge in [-0.1, -0.05) is 12.1 Å². The molecule has 3 N–H and O–H groups in total. The predicted octanol–water partition coefficient (Wildman–Crippen LogP) is 6.93. The Hall–Kier alpha value is -5.77. The predicted molar refractivity (Wildman–Crippen MR) is 226 cm³/mol. The second kappa shape index (κ2) is 16.5. The van der Waals surface area contributed by atoms with Crippen LogP contribution in [0.3, 0.4) is 0 Å². The number of ether oxygens (including phenoxy) is 1. The fourth-order valence-electron chi connectivity index (χ4n) is 10.5. The second-order valence-electron chi connectivity index (χ2n) is 18.1. The molecule has 1 spiro atoms. The summed E-state index contributed by atoms with van der Waals surface area (Å²) in [5, 5.41) is 14.2. The summed E-state index contributed by atoms with van der Waals surface area (Å²) in [6.45, 7) is 4.80. The van der Waals surface area contributed by atoms with Gasteiger partial charge in [0.1, 0.15) is 23.2 Å². The molecule has 0 radical (unpaired) electrons. The van der Waals surface area contributed by atoms with E-state index >= 15 is 0 Å². The highest BCUT2D eigenvalue weighted by molar-refractivity contribution is 6.25. The van der Waals surface area contributed by atoms with Crippen LogP contribution in [0.15, 0.2) is 54.7 Å². The molecular weight excluding hydrogens is 799 g/mol. The van der Waals surface area contributed by atoms with Crippen LogP contribution in [0.1, 0.15) is 120 Å². The van der Waals surface area contributed by atoms with Crippen LogP contribution >= 0.6 is 0 Å². The van der Waals surface area contributed by atoms with Crippen LogP contribution in [-0.2, 0) is 15.5 Å². The minimum absolute atomic E-state index is 0.0870. The van der Waals surface area contributed by atoms with E-state index < -0.39 is 47.2 Å². The van der Waals surface area contributed by atoms with Gasteiger partial charge in [-0.05, 0) is 125 Å². The number of fused-ring (bicyclic) bond motifs is 2. The minimum atomic E-state index is -3.17. The molecule has 5 amide bonds. The molecule has 16 heteroatoms. The van der Waals surface area contributed by atoms with Gasteiger partial charge in [-0.25, -0.2) is 4.98 Å². The molecule has 5 aliphatic rings. The number of amides is 5. The summed E-state index contributed by atoms with van der Waals surface area (Å²) in [5.41, 5.74) is 2.19. The Morgan fingerprint density at radius 3 is 2.44 bits per heavy atom. The number of hydrogen-bond donors (Lipinski definition) is 3. The van der Waals surface area contributed by atoms with Crippen LogP contribution in [0.4, 0.5) is 20.2 Å². The number of pyridine rings is 1. The number of alkyl halides is 2. The van der Waals surface area contributed by atoms with Crippen LogP contribution in [0.5, 0.6) is 5.75 Å². The summed E-state index contributed by atoms with van der Waals surface area (Å²) < 4.78 is 35.3. The molecule has 62 heavy (non-hydrogen) atoms. The quantitative estimate of drug-likeness (QED) is 0.127. The monoisotopic (exact) mass is 850 g/mol. The number of piperidine rings is 2. The normalized spacial score (nSPS) is 23.0. The first kappa shape index (κ1) is 41.6. The van der Waals surface area contributed by atoms with E-state index in [-0.39, 0.29) is 30.1 Å². The molecule has 0 unspecified atom stereocenters.